The molecule has 8 nitrogen and oxygen atoms in total. The van der Waals surface area contributed by atoms with Crippen molar-refractivity contribution in [3.8, 4) is 0 Å². The summed E-state index contributed by atoms with van der Waals surface area (Å²) in [4.78, 5) is 38.2. The van der Waals surface area contributed by atoms with Gasteiger partial charge in [0.25, 0.3) is 6.47 Å². The fraction of sp³-hybridized carbons (Fsp3) is 0.769. The van der Waals surface area contributed by atoms with Gasteiger partial charge < -0.3 is 9.84 Å². The Morgan fingerprint density at radius 1 is 1.00 bits per heavy atom. The molecule has 1 saturated heterocycles. The van der Waals surface area contributed by atoms with Crippen LogP contribution in [0.25, 0.3) is 0 Å². The van der Waals surface area contributed by atoms with Gasteiger partial charge in [-0.3, -0.25) is 29.1 Å². The minimum absolute atomic E-state index is 0.0315. The number of nitrogens with zero attached hydrogens (tertiary/aromatic N) is 3. The molecule has 1 N–H and O–H groups in total. The first kappa shape index (κ1) is 17.5. The molecule has 1 rings (SSSR count). The van der Waals surface area contributed by atoms with Gasteiger partial charge in [0, 0.05) is 39.3 Å². The monoisotopic (exact) mass is 301 g/mol. The zero-order valence-corrected chi connectivity index (χ0v) is 12.4. The predicted octanol–water partition coefficient (Wildman–Crippen LogP) is -1.29. The molecule has 1 fully saturated rings. The number of hydrogen-bond acceptors (Lipinski definition) is 7. The topological polar surface area (TPSA) is 90.4 Å². The van der Waals surface area contributed by atoms with Crippen molar-refractivity contribution < 1.29 is 24.2 Å². The van der Waals surface area contributed by atoms with Crippen molar-refractivity contribution in [1.29, 1.82) is 0 Å². The van der Waals surface area contributed by atoms with E-state index >= 15 is 0 Å². The Hall–Kier alpha value is -1.51. The lowest BCUT2D eigenvalue weighted by atomic mass is 10.3. The molecule has 0 amide bonds. The minimum Gasteiger partial charge on any atom is -0.480 e. The lowest BCUT2D eigenvalue weighted by molar-refractivity contribution is -0.138. The van der Waals surface area contributed by atoms with Crippen LogP contribution in [-0.4, -0.2) is 97.1 Å². The fourth-order valence-corrected chi connectivity index (χ4v) is 2.27. The van der Waals surface area contributed by atoms with Crippen LogP contribution in [0.1, 0.15) is 6.92 Å². The van der Waals surface area contributed by atoms with E-state index < -0.39 is 5.97 Å². The van der Waals surface area contributed by atoms with Crippen molar-refractivity contribution in [2.45, 2.75) is 6.92 Å². The van der Waals surface area contributed by atoms with Crippen molar-refractivity contribution in [3.05, 3.63) is 0 Å². The van der Waals surface area contributed by atoms with Gasteiger partial charge in [0.15, 0.2) is 0 Å². The Balaban J connectivity index is 2.63. The number of carboxylic acid groups (broad SMARTS) is 1. The van der Waals surface area contributed by atoms with Crippen LogP contribution in [0.15, 0.2) is 0 Å². The van der Waals surface area contributed by atoms with E-state index in [1.807, 2.05) is 14.7 Å². The van der Waals surface area contributed by atoms with Gasteiger partial charge in [0.1, 0.15) is 12.5 Å². The fourth-order valence-electron chi connectivity index (χ4n) is 2.27. The average Bonchev–Trinajstić information content (AvgIpc) is 2.48. The molecule has 1 heterocycles. The zero-order valence-electron chi connectivity index (χ0n) is 12.4. The molecule has 21 heavy (non-hydrogen) atoms. The number of carbonyl (C=O) groups is 3. The molecule has 120 valence electrons. The maximum Gasteiger partial charge on any atom is 0.317 e. The number of aliphatic carboxylic acids is 1. The highest BCUT2D eigenvalue weighted by Crippen LogP contribution is 2.01. The van der Waals surface area contributed by atoms with Crippen molar-refractivity contribution in [2.24, 2.45) is 0 Å². The molecule has 0 aliphatic carbocycles. The molecule has 1 aliphatic heterocycles. The zero-order chi connectivity index (χ0) is 15.7. The quantitative estimate of drug-likeness (QED) is 0.581. The van der Waals surface area contributed by atoms with E-state index in [0.717, 1.165) is 0 Å². The van der Waals surface area contributed by atoms with Crippen molar-refractivity contribution in [1.82, 2.24) is 14.7 Å². The smallest absolute Gasteiger partial charge is 0.317 e. The van der Waals surface area contributed by atoms with Gasteiger partial charge in [-0.25, -0.2) is 0 Å². The summed E-state index contributed by atoms with van der Waals surface area (Å²) in [5.74, 6) is -0.794. The van der Waals surface area contributed by atoms with Gasteiger partial charge in [-0.1, -0.05) is 0 Å². The molecular formula is C13H23N3O5. The first-order valence-electron chi connectivity index (χ1n) is 6.95. The molecule has 0 saturated carbocycles. The third kappa shape index (κ3) is 7.74. The number of Topliss-reactive ketones (excluding diaryl/α,β-unsaturated/α-hetero) is 1. The highest BCUT2D eigenvalue weighted by molar-refractivity contribution is 5.77. The van der Waals surface area contributed by atoms with Crippen LogP contribution in [0.4, 0.5) is 0 Å². The molecule has 0 aromatic carbocycles. The van der Waals surface area contributed by atoms with Gasteiger partial charge in [-0.2, -0.15) is 0 Å². The Kier molecular flexibility index (Phi) is 7.88. The Labute approximate surface area is 124 Å². The van der Waals surface area contributed by atoms with Crippen LogP contribution in [0, 0.1) is 0 Å². The van der Waals surface area contributed by atoms with E-state index in [-0.39, 0.29) is 19.1 Å². The summed E-state index contributed by atoms with van der Waals surface area (Å²) in [6.45, 7) is 6.24. The van der Waals surface area contributed by atoms with Gasteiger partial charge >= 0.3 is 5.97 Å². The van der Waals surface area contributed by atoms with Crippen LogP contribution in [0.3, 0.4) is 0 Å². The Morgan fingerprint density at radius 2 is 1.48 bits per heavy atom. The predicted molar refractivity (Wildman–Crippen MR) is 74.8 cm³/mol. The van der Waals surface area contributed by atoms with Gasteiger partial charge in [-0.05, 0) is 6.92 Å². The minimum atomic E-state index is -0.872. The average molecular weight is 301 g/mol. The number of hydrogen-bond donors (Lipinski definition) is 1. The lowest BCUT2D eigenvalue weighted by Crippen LogP contribution is -2.40. The van der Waals surface area contributed by atoms with Crippen LogP contribution in [-0.2, 0) is 19.1 Å². The SMILES string of the molecule is CC(=O)CN1CCN(COC=O)CCN(CC(=O)O)CC1. The molecule has 0 aromatic rings. The van der Waals surface area contributed by atoms with Gasteiger partial charge in [-0.15, -0.1) is 0 Å². The molecule has 0 unspecified atom stereocenters. The van der Waals surface area contributed by atoms with E-state index in [2.05, 4.69) is 0 Å². The van der Waals surface area contributed by atoms with Gasteiger partial charge in [0.05, 0.1) is 13.1 Å². The number of rotatable bonds is 7. The van der Waals surface area contributed by atoms with Crippen LogP contribution >= 0.6 is 0 Å². The maximum absolute atomic E-state index is 11.3. The molecule has 0 radical (unpaired) electrons. The summed E-state index contributed by atoms with van der Waals surface area (Å²) in [6, 6.07) is 0. The summed E-state index contributed by atoms with van der Waals surface area (Å²) in [5, 5.41) is 8.92. The van der Waals surface area contributed by atoms with E-state index in [9.17, 15) is 14.4 Å². The maximum atomic E-state index is 11.3. The molecule has 1 aliphatic rings. The second-order valence-electron chi connectivity index (χ2n) is 5.16. The molecule has 8 heteroatoms. The molecule has 0 aromatic heterocycles. The standard InChI is InChI=1S/C13H23N3O5/c1-12(18)8-14-2-3-15(9-13(19)20)5-7-16(6-4-14)10-21-11-17/h11H,2-10H2,1H3,(H,19,20). The summed E-state index contributed by atoms with van der Waals surface area (Å²) in [7, 11) is 0. The summed E-state index contributed by atoms with van der Waals surface area (Å²) >= 11 is 0. The first-order chi connectivity index (χ1) is 10.0. The van der Waals surface area contributed by atoms with Crippen molar-refractivity contribution >= 4 is 18.2 Å². The first-order valence-corrected chi connectivity index (χ1v) is 6.95. The molecular weight excluding hydrogens is 278 g/mol. The normalized spacial score (nSPS) is 19.3. The number of carboxylic acids is 1. The summed E-state index contributed by atoms with van der Waals surface area (Å²) in [5.41, 5.74) is 0. The largest absolute Gasteiger partial charge is 0.480 e. The molecule has 0 atom stereocenters. The van der Waals surface area contributed by atoms with Crippen LogP contribution in [0.2, 0.25) is 0 Å². The molecule has 0 spiro atoms. The summed E-state index contributed by atoms with van der Waals surface area (Å²) < 4.78 is 4.77. The summed E-state index contributed by atoms with van der Waals surface area (Å²) in [6.07, 6.45) is 0. The Bertz CT molecular complexity index is 336. The second-order valence-corrected chi connectivity index (χ2v) is 5.16. The van der Waals surface area contributed by atoms with Crippen molar-refractivity contribution in [3.63, 3.8) is 0 Å². The van der Waals surface area contributed by atoms with Crippen molar-refractivity contribution in [2.75, 3.05) is 59.1 Å². The number of ketones is 1. The van der Waals surface area contributed by atoms with Crippen LogP contribution < -0.4 is 0 Å². The van der Waals surface area contributed by atoms with Gasteiger partial charge in [0.2, 0.25) is 0 Å². The number of carbonyl (C=O) groups excluding carboxylic acids is 2. The highest BCUT2D eigenvalue weighted by atomic mass is 16.5. The van der Waals surface area contributed by atoms with E-state index in [1.54, 1.807) is 0 Å². The molecule has 0 bridgehead atoms. The third-order valence-corrected chi connectivity index (χ3v) is 3.33. The Morgan fingerprint density at radius 3 is 1.90 bits per heavy atom. The van der Waals surface area contributed by atoms with E-state index in [4.69, 9.17) is 9.84 Å². The number of ether oxygens (including phenoxy) is 1. The van der Waals surface area contributed by atoms with Crippen LogP contribution in [0.5, 0.6) is 0 Å². The van der Waals surface area contributed by atoms with E-state index in [1.165, 1.54) is 6.92 Å². The second kappa shape index (κ2) is 9.43. The van der Waals surface area contributed by atoms with E-state index in [0.29, 0.717) is 52.3 Å². The lowest BCUT2D eigenvalue weighted by Gasteiger charge is -2.24. The third-order valence-electron chi connectivity index (χ3n) is 3.33. The highest BCUT2D eigenvalue weighted by Gasteiger charge is 2.18.